The molecule has 40 heavy (non-hydrogen) atoms. The molecule has 5 N–H and O–H groups in total. The number of para-hydroxylation sites is 1. The Kier molecular flexibility index (Phi) is 8.52. The number of carbonyl (C=O) groups is 3. The number of sulfone groups is 1. The Morgan fingerprint density at radius 3 is 2.38 bits per heavy atom. The number of benzene rings is 2. The lowest BCUT2D eigenvalue weighted by Gasteiger charge is -2.43. The van der Waals surface area contributed by atoms with Gasteiger partial charge in [-0.1, -0.05) is 48.5 Å². The van der Waals surface area contributed by atoms with E-state index in [2.05, 4.69) is 10.6 Å². The number of anilines is 1. The van der Waals surface area contributed by atoms with E-state index in [1.54, 1.807) is 30.9 Å². The molecule has 12 heteroatoms. The number of likely N-dealkylation sites (tertiary alicyclic amines) is 1. The van der Waals surface area contributed by atoms with Crippen LogP contribution in [0, 0.1) is 0 Å². The fraction of sp³-hybridized carbons (Fsp3) is 0.464. The van der Waals surface area contributed by atoms with E-state index in [0.717, 1.165) is 11.1 Å². The molecule has 4 rings (SSSR count). The molecule has 2 aromatic rings. The maximum atomic E-state index is 13.7. The number of ether oxygens (including phenoxy) is 1. The van der Waals surface area contributed by atoms with Crippen molar-refractivity contribution in [2.75, 3.05) is 30.8 Å². The molecule has 1 unspecified atom stereocenters. The van der Waals surface area contributed by atoms with E-state index in [-0.39, 0.29) is 32.2 Å². The summed E-state index contributed by atoms with van der Waals surface area (Å²) in [6, 6.07) is 15.7. The molecule has 2 atom stereocenters. The molecule has 2 amide bonds. The summed E-state index contributed by atoms with van der Waals surface area (Å²) >= 11 is 0. The number of aliphatic carboxylic acids is 1. The van der Waals surface area contributed by atoms with Crippen molar-refractivity contribution in [1.29, 1.82) is 0 Å². The molecule has 2 aliphatic heterocycles. The van der Waals surface area contributed by atoms with Gasteiger partial charge in [0.15, 0.2) is 9.84 Å². The number of hydrogen-bond acceptors (Lipinski definition) is 8. The molecule has 1 spiro atoms. The average Bonchev–Trinajstić information content (AvgIpc) is 3.22. The molecular weight excluding hydrogens is 536 g/mol. The molecule has 2 aromatic carbocycles. The molecule has 2 aliphatic rings. The van der Waals surface area contributed by atoms with E-state index in [4.69, 9.17) is 10.5 Å². The van der Waals surface area contributed by atoms with Crippen LogP contribution in [0.5, 0.6) is 0 Å². The number of carboxylic acids is 1. The van der Waals surface area contributed by atoms with Crippen molar-refractivity contribution in [2.45, 2.75) is 55.7 Å². The molecule has 0 saturated carbocycles. The van der Waals surface area contributed by atoms with Crippen LogP contribution in [0.15, 0.2) is 54.6 Å². The molecule has 216 valence electrons. The van der Waals surface area contributed by atoms with Crippen LogP contribution >= 0.6 is 0 Å². The van der Waals surface area contributed by atoms with Gasteiger partial charge in [0.1, 0.15) is 17.2 Å². The summed E-state index contributed by atoms with van der Waals surface area (Å²) in [5.74, 6) is -3.27. The molecule has 0 aliphatic carbocycles. The zero-order valence-electron chi connectivity index (χ0n) is 22.6. The second kappa shape index (κ2) is 11.6. The fourth-order valence-electron chi connectivity index (χ4n) is 5.42. The summed E-state index contributed by atoms with van der Waals surface area (Å²) in [6.07, 6.45) is 0.584. The Morgan fingerprint density at radius 1 is 1.12 bits per heavy atom. The van der Waals surface area contributed by atoms with Crippen molar-refractivity contribution in [3.8, 4) is 0 Å². The Labute approximate surface area is 234 Å². The molecule has 1 saturated heterocycles. The Morgan fingerprint density at radius 2 is 1.75 bits per heavy atom. The first-order chi connectivity index (χ1) is 18.8. The van der Waals surface area contributed by atoms with Crippen LogP contribution in [0.25, 0.3) is 0 Å². The second-order valence-electron chi connectivity index (χ2n) is 11.0. The summed E-state index contributed by atoms with van der Waals surface area (Å²) < 4.78 is 32.1. The summed E-state index contributed by atoms with van der Waals surface area (Å²) in [4.78, 5) is 39.3. The maximum absolute atomic E-state index is 13.7. The highest BCUT2D eigenvalue weighted by Crippen LogP contribution is 2.49. The Hall–Kier alpha value is -3.48. The van der Waals surface area contributed by atoms with Crippen LogP contribution in [-0.4, -0.2) is 78.6 Å². The number of amides is 2. The molecular formula is C28H36N4O7S. The monoisotopic (exact) mass is 572 g/mol. The summed E-state index contributed by atoms with van der Waals surface area (Å²) in [7, 11) is -4.06. The van der Waals surface area contributed by atoms with Crippen molar-refractivity contribution >= 4 is 33.3 Å². The standard InChI is InChI=1S/C28H36N4O7S/c1-27(2,29)25(36)30-22(17-39-16-19-8-4-3-5-9-19)24(35)32-14-12-28(13-15-32)20-10-6-7-11-21(20)31-26(28)40(37,38)18-23(33)34/h3-11,22,26,31H,12-18,29H2,1-2H3,(H,30,36)(H,33,34)/t22-,26?/m1/s1. The van der Waals surface area contributed by atoms with E-state index in [1.165, 1.54) is 0 Å². The van der Waals surface area contributed by atoms with E-state index in [0.29, 0.717) is 18.5 Å². The zero-order valence-corrected chi connectivity index (χ0v) is 23.4. The predicted molar refractivity (Wildman–Crippen MR) is 149 cm³/mol. The molecule has 0 bridgehead atoms. The minimum atomic E-state index is -4.06. The van der Waals surface area contributed by atoms with Crippen molar-refractivity contribution in [3.05, 3.63) is 65.7 Å². The fourth-order valence-corrected chi connectivity index (χ4v) is 7.29. The highest BCUT2D eigenvalue weighted by atomic mass is 32.2. The van der Waals surface area contributed by atoms with Gasteiger partial charge >= 0.3 is 5.97 Å². The second-order valence-corrected chi connectivity index (χ2v) is 13.1. The maximum Gasteiger partial charge on any atom is 0.318 e. The lowest BCUT2D eigenvalue weighted by atomic mass is 9.74. The van der Waals surface area contributed by atoms with Crippen molar-refractivity contribution < 1.29 is 32.6 Å². The molecule has 11 nitrogen and oxygen atoms in total. The minimum Gasteiger partial charge on any atom is -0.480 e. The number of nitrogens with zero attached hydrogens (tertiary/aromatic N) is 1. The van der Waals surface area contributed by atoms with Gasteiger partial charge in [-0.25, -0.2) is 8.42 Å². The van der Waals surface area contributed by atoms with Gasteiger partial charge in [-0.15, -0.1) is 0 Å². The van der Waals surface area contributed by atoms with Gasteiger partial charge in [-0.05, 0) is 43.9 Å². The van der Waals surface area contributed by atoms with Gasteiger partial charge in [-0.2, -0.15) is 0 Å². The van der Waals surface area contributed by atoms with Crippen LogP contribution < -0.4 is 16.4 Å². The van der Waals surface area contributed by atoms with E-state index >= 15 is 0 Å². The van der Waals surface area contributed by atoms with E-state index in [1.807, 2.05) is 42.5 Å². The van der Waals surface area contributed by atoms with Crippen molar-refractivity contribution in [1.82, 2.24) is 10.2 Å². The third kappa shape index (κ3) is 6.29. The van der Waals surface area contributed by atoms with Crippen LogP contribution in [0.4, 0.5) is 5.69 Å². The van der Waals surface area contributed by atoms with Gasteiger partial charge in [0, 0.05) is 24.2 Å². The highest BCUT2D eigenvalue weighted by Gasteiger charge is 2.54. The van der Waals surface area contributed by atoms with Crippen molar-refractivity contribution in [2.24, 2.45) is 5.73 Å². The van der Waals surface area contributed by atoms with Crippen LogP contribution in [0.2, 0.25) is 0 Å². The molecule has 1 fully saturated rings. The van der Waals surface area contributed by atoms with Crippen LogP contribution in [0.1, 0.15) is 37.8 Å². The van der Waals surface area contributed by atoms with Crippen LogP contribution in [-0.2, 0) is 41.0 Å². The average molecular weight is 573 g/mol. The zero-order chi connectivity index (χ0) is 29.1. The molecule has 0 radical (unpaired) electrons. The smallest absolute Gasteiger partial charge is 0.318 e. The third-order valence-electron chi connectivity index (χ3n) is 7.49. The largest absolute Gasteiger partial charge is 0.480 e. The number of nitrogens with one attached hydrogen (secondary N) is 2. The number of carbonyl (C=O) groups excluding carboxylic acids is 2. The number of hydrogen-bond donors (Lipinski definition) is 4. The lowest BCUT2D eigenvalue weighted by Crippen LogP contribution is -2.60. The first-order valence-corrected chi connectivity index (χ1v) is 14.8. The highest BCUT2D eigenvalue weighted by molar-refractivity contribution is 7.92. The minimum absolute atomic E-state index is 0.0722. The first kappa shape index (κ1) is 29.5. The SMILES string of the molecule is CC(C)(N)C(=O)N[C@H](COCc1ccccc1)C(=O)N1CCC2(CC1)c1ccccc1NC2S(=O)(=O)CC(=O)O. The molecule has 2 heterocycles. The van der Waals surface area contributed by atoms with Gasteiger partial charge in [0.05, 0.1) is 18.8 Å². The van der Waals surface area contributed by atoms with Gasteiger partial charge in [-0.3, -0.25) is 14.4 Å². The van der Waals surface area contributed by atoms with E-state index < -0.39 is 49.8 Å². The van der Waals surface area contributed by atoms with Gasteiger partial charge in [0.25, 0.3) is 0 Å². The predicted octanol–water partition coefficient (Wildman–Crippen LogP) is 1.24. The third-order valence-corrected chi connectivity index (χ3v) is 9.42. The van der Waals surface area contributed by atoms with Crippen LogP contribution in [0.3, 0.4) is 0 Å². The number of fused-ring (bicyclic) bond motifs is 2. The molecule has 0 aromatic heterocycles. The van der Waals surface area contributed by atoms with E-state index in [9.17, 15) is 27.9 Å². The van der Waals surface area contributed by atoms with Crippen molar-refractivity contribution in [3.63, 3.8) is 0 Å². The Balaban J connectivity index is 1.52. The quantitative estimate of drug-likeness (QED) is 0.327. The number of piperidine rings is 1. The summed E-state index contributed by atoms with van der Waals surface area (Å²) in [5.41, 5.74) is 6.20. The number of nitrogens with two attached hydrogens (primary N) is 1. The normalized spacial score (nSPS) is 19.0. The number of rotatable bonds is 10. The summed E-state index contributed by atoms with van der Waals surface area (Å²) in [6.45, 7) is 3.69. The van der Waals surface area contributed by atoms with Gasteiger partial charge in [0.2, 0.25) is 11.8 Å². The Bertz CT molecular complexity index is 1350. The summed E-state index contributed by atoms with van der Waals surface area (Å²) in [5, 5.41) is 13.9. The van der Waals surface area contributed by atoms with Gasteiger partial charge < -0.3 is 31.1 Å². The lowest BCUT2D eigenvalue weighted by molar-refractivity contribution is -0.140. The topological polar surface area (TPSA) is 168 Å². The number of carboxylic acid groups (broad SMARTS) is 1. The first-order valence-electron chi connectivity index (χ1n) is 13.1.